The molecular formula is C14H18BrFN2O2. The van der Waals surface area contributed by atoms with Crippen molar-refractivity contribution in [1.29, 1.82) is 0 Å². The van der Waals surface area contributed by atoms with Crippen LogP contribution < -0.4 is 5.32 Å². The highest BCUT2D eigenvalue weighted by Crippen LogP contribution is 2.15. The third-order valence-electron chi connectivity index (χ3n) is 3.21. The standard InChI is InChI=1S/C14H18BrFN2O2/c1-18(9-13-3-2-4-20-13)14(19)17-8-10-5-11(15)7-12(16)6-10/h5-7,13H,2-4,8-9H2,1H3,(H,17,19). The smallest absolute Gasteiger partial charge is 0.317 e. The number of nitrogens with one attached hydrogen (secondary N) is 1. The Morgan fingerprint density at radius 2 is 2.35 bits per heavy atom. The average molecular weight is 345 g/mol. The Morgan fingerprint density at radius 3 is 3.00 bits per heavy atom. The van der Waals surface area contributed by atoms with Gasteiger partial charge in [0.15, 0.2) is 0 Å². The van der Waals surface area contributed by atoms with Gasteiger partial charge in [-0.25, -0.2) is 9.18 Å². The van der Waals surface area contributed by atoms with Gasteiger partial charge in [-0.2, -0.15) is 0 Å². The summed E-state index contributed by atoms with van der Waals surface area (Å²) in [6.45, 7) is 1.65. The largest absolute Gasteiger partial charge is 0.376 e. The highest BCUT2D eigenvalue weighted by Gasteiger charge is 2.19. The number of urea groups is 1. The summed E-state index contributed by atoms with van der Waals surface area (Å²) in [5.41, 5.74) is 0.718. The lowest BCUT2D eigenvalue weighted by Crippen LogP contribution is -2.40. The van der Waals surface area contributed by atoms with Crippen molar-refractivity contribution < 1.29 is 13.9 Å². The van der Waals surface area contributed by atoms with Gasteiger partial charge in [0.2, 0.25) is 0 Å². The summed E-state index contributed by atoms with van der Waals surface area (Å²) in [6, 6.07) is 4.39. The van der Waals surface area contributed by atoms with Crippen LogP contribution in [-0.2, 0) is 11.3 Å². The van der Waals surface area contributed by atoms with Crippen molar-refractivity contribution in [3.8, 4) is 0 Å². The van der Waals surface area contributed by atoms with E-state index in [1.54, 1.807) is 18.0 Å². The van der Waals surface area contributed by atoms with Gasteiger partial charge in [0.05, 0.1) is 6.10 Å². The number of carbonyl (C=O) groups excluding carboxylic acids is 1. The molecule has 1 saturated heterocycles. The first-order chi connectivity index (χ1) is 9.54. The molecule has 20 heavy (non-hydrogen) atoms. The molecule has 2 rings (SSSR count). The number of hydrogen-bond acceptors (Lipinski definition) is 2. The lowest BCUT2D eigenvalue weighted by Gasteiger charge is -2.21. The monoisotopic (exact) mass is 344 g/mol. The Bertz CT molecular complexity index is 458. The summed E-state index contributed by atoms with van der Waals surface area (Å²) in [4.78, 5) is 13.5. The van der Waals surface area contributed by atoms with Crippen LogP contribution in [0.15, 0.2) is 22.7 Å². The van der Waals surface area contributed by atoms with Crippen molar-refractivity contribution in [2.75, 3.05) is 20.2 Å². The summed E-state index contributed by atoms with van der Waals surface area (Å²) in [5, 5.41) is 2.77. The molecule has 1 aromatic carbocycles. The van der Waals surface area contributed by atoms with Crippen LogP contribution >= 0.6 is 15.9 Å². The van der Waals surface area contributed by atoms with Crippen molar-refractivity contribution in [2.24, 2.45) is 0 Å². The molecule has 1 aliphatic heterocycles. The fourth-order valence-corrected chi connectivity index (χ4v) is 2.72. The predicted octanol–water partition coefficient (Wildman–Crippen LogP) is 2.91. The normalized spacial score (nSPS) is 18.1. The number of nitrogens with zero attached hydrogens (tertiary/aromatic N) is 1. The maximum atomic E-state index is 13.2. The number of ether oxygens (including phenoxy) is 1. The number of rotatable bonds is 4. The molecule has 0 spiro atoms. The van der Waals surface area contributed by atoms with E-state index in [4.69, 9.17) is 4.74 Å². The van der Waals surface area contributed by atoms with Crippen LogP contribution in [0.25, 0.3) is 0 Å². The van der Waals surface area contributed by atoms with Gasteiger partial charge in [-0.1, -0.05) is 15.9 Å². The van der Waals surface area contributed by atoms with Crippen molar-refractivity contribution in [1.82, 2.24) is 10.2 Å². The number of likely N-dealkylation sites (N-methyl/N-ethyl adjacent to an activating group) is 1. The van der Waals surface area contributed by atoms with Crippen molar-refractivity contribution in [3.63, 3.8) is 0 Å². The molecule has 1 N–H and O–H groups in total. The molecule has 4 nitrogen and oxygen atoms in total. The van der Waals surface area contributed by atoms with E-state index in [1.807, 2.05) is 0 Å². The van der Waals surface area contributed by atoms with Crippen LogP contribution in [0.5, 0.6) is 0 Å². The second-order valence-electron chi connectivity index (χ2n) is 4.95. The minimum atomic E-state index is -0.323. The molecule has 1 unspecified atom stereocenters. The van der Waals surface area contributed by atoms with Gasteiger partial charge in [-0.3, -0.25) is 0 Å². The van der Waals surface area contributed by atoms with Crippen LogP contribution in [0.2, 0.25) is 0 Å². The average Bonchev–Trinajstić information content (AvgIpc) is 2.87. The predicted molar refractivity (Wildman–Crippen MR) is 77.9 cm³/mol. The van der Waals surface area contributed by atoms with E-state index in [9.17, 15) is 9.18 Å². The molecule has 0 radical (unpaired) electrons. The lowest BCUT2D eigenvalue weighted by molar-refractivity contribution is 0.0874. The molecule has 1 aliphatic rings. The summed E-state index contributed by atoms with van der Waals surface area (Å²) >= 11 is 3.23. The van der Waals surface area contributed by atoms with Crippen molar-refractivity contribution in [2.45, 2.75) is 25.5 Å². The molecule has 110 valence electrons. The third kappa shape index (κ3) is 4.45. The molecule has 1 atom stereocenters. The number of hydrogen-bond donors (Lipinski definition) is 1. The molecule has 2 amide bonds. The summed E-state index contributed by atoms with van der Waals surface area (Å²) in [7, 11) is 1.73. The first-order valence-corrected chi connectivity index (χ1v) is 7.39. The molecular weight excluding hydrogens is 327 g/mol. The van der Waals surface area contributed by atoms with E-state index in [1.165, 1.54) is 12.1 Å². The molecule has 1 heterocycles. The Hall–Kier alpha value is -1.14. The van der Waals surface area contributed by atoms with Crippen LogP contribution in [0, 0.1) is 5.82 Å². The summed E-state index contributed by atoms with van der Waals surface area (Å²) in [5.74, 6) is -0.323. The van der Waals surface area contributed by atoms with Crippen molar-refractivity contribution in [3.05, 3.63) is 34.1 Å². The number of benzene rings is 1. The Morgan fingerprint density at radius 1 is 1.55 bits per heavy atom. The first kappa shape index (κ1) is 15.3. The van der Waals surface area contributed by atoms with Gasteiger partial charge < -0.3 is 15.0 Å². The second-order valence-corrected chi connectivity index (χ2v) is 5.87. The Kier molecular flexibility index (Phi) is 5.37. The highest BCUT2D eigenvalue weighted by atomic mass is 79.9. The number of halogens is 2. The van der Waals surface area contributed by atoms with E-state index in [0.717, 1.165) is 25.0 Å². The third-order valence-corrected chi connectivity index (χ3v) is 3.67. The SMILES string of the molecule is CN(CC1CCCO1)C(=O)NCc1cc(F)cc(Br)c1. The second kappa shape index (κ2) is 7.04. The summed E-state index contributed by atoms with van der Waals surface area (Å²) < 4.78 is 19.4. The quantitative estimate of drug-likeness (QED) is 0.912. The Balaban J connectivity index is 1.81. The molecule has 0 aromatic heterocycles. The minimum absolute atomic E-state index is 0.133. The summed E-state index contributed by atoms with van der Waals surface area (Å²) in [6.07, 6.45) is 2.18. The van der Waals surface area contributed by atoms with Crippen molar-refractivity contribution >= 4 is 22.0 Å². The van der Waals surface area contributed by atoms with E-state index in [0.29, 0.717) is 17.6 Å². The van der Waals surface area contributed by atoms with E-state index >= 15 is 0 Å². The molecule has 6 heteroatoms. The lowest BCUT2D eigenvalue weighted by atomic mass is 10.2. The maximum Gasteiger partial charge on any atom is 0.317 e. The van der Waals surface area contributed by atoms with E-state index < -0.39 is 0 Å². The van der Waals surface area contributed by atoms with Gasteiger partial charge in [0.25, 0.3) is 0 Å². The van der Waals surface area contributed by atoms with Gasteiger partial charge in [0, 0.05) is 31.2 Å². The fraction of sp³-hybridized carbons (Fsp3) is 0.500. The molecule has 1 aromatic rings. The maximum absolute atomic E-state index is 13.2. The first-order valence-electron chi connectivity index (χ1n) is 6.60. The fourth-order valence-electron chi connectivity index (χ4n) is 2.20. The molecule has 0 bridgehead atoms. The van der Waals surface area contributed by atoms with E-state index in [-0.39, 0.29) is 18.0 Å². The highest BCUT2D eigenvalue weighted by molar-refractivity contribution is 9.10. The minimum Gasteiger partial charge on any atom is -0.376 e. The van der Waals surface area contributed by atoms with Gasteiger partial charge >= 0.3 is 6.03 Å². The molecule has 1 fully saturated rings. The van der Waals surface area contributed by atoms with Crippen LogP contribution in [0.3, 0.4) is 0 Å². The number of amides is 2. The van der Waals surface area contributed by atoms with Crippen LogP contribution in [0.4, 0.5) is 9.18 Å². The molecule has 0 aliphatic carbocycles. The Labute approximate surface area is 126 Å². The zero-order valence-corrected chi connectivity index (χ0v) is 13.0. The van der Waals surface area contributed by atoms with Gasteiger partial charge in [-0.05, 0) is 36.6 Å². The zero-order valence-electron chi connectivity index (χ0n) is 11.4. The number of carbonyl (C=O) groups is 1. The zero-order chi connectivity index (χ0) is 14.5. The van der Waals surface area contributed by atoms with Gasteiger partial charge in [0.1, 0.15) is 5.82 Å². The van der Waals surface area contributed by atoms with E-state index in [2.05, 4.69) is 21.2 Å². The molecule has 0 saturated carbocycles. The van der Waals surface area contributed by atoms with Gasteiger partial charge in [-0.15, -0.1) is 0 Å². The topological polar surface area (TPSA) is 41.6 Å². The van der Waals surface area contributed by atoms with Crippen LogP contribution in [-0.4, -0.2) is 37.2 Å². The van der Waals surface area contributed by atoms with Crippen LogP contribution in [0.1, 0.15) is 18.4 Å².